The van der Waals surface area contributed by atoms with Crippen LogP contribution >= 0.6 is 0 Å². The summed E-state index contributed by atoms with van der Waals surface area (Å²) in [5.74, 6) is -4.74. The van der Waals surface area contributed by atoms with Crippen molar-refractivity contribution in [2.24, 2.45) is 5.16 Å². The van der Waals surface area contributed by atoms with Crippen molar-refractivity contribution in [3.63, 3.8) is 0 Å². The van der Waals surface area contributed by atoms with Gasteiger partial charge in [-0.3, -0.25) is 29.3 Å². The number of hydrogen-bond donors (Lipinski definition) is 0. The van der Waals surface area contributed by atoms with Crippen molar-refractivity contribution >= 4 is 35.3 Å². The van der Waals surface area contributed by atoms with E-state index in [1.54, 1.807) is 0 Å². The van der Waals surface area contributed by atoms with E-state index < -0.39 is 65.6 Å². The van der Waals surface area contributed by atoms with Gasteiger partial charge in [-0.1, -0.05) is 5.16 Å². The maximum absolute atomic E-state index is 12.0. The lowest BCUT2D eigenvalue weighted by Gasteiger charge is -2.50. The van der Waals surface area contributed by atoms with E-state index in [1.165, 1.54) is 31.2 Å². The van der Waals surface area contributed by atoms with Crippen LogP contribution in [0.1, 0.15) is 46.1 Å². The van der Waals surface area contributed by atoms with Gasteiger partial charge in [0.2, 0.25) is 6.10 Å². The van der Waals surface area contributed by atoms with Crippen molar-refractivity contribution < 1.29 is 52.6 Å². The molecular weight excluding hydrogens is 496 g/mol. The molecule has 1 spiro atoms. The number of nitrogens with zero attached hydrogens (tertiary/aromatic N) is 2. The smallest absolute Gasteiger partial charge is 0.303 e. The molecular formula is C23H26N2O12. The normalized spacial score (nSPS) is 26.8. The molecule has 37 heavy (non-hydrogen) atoms. The van der Waals surface area contributed by atoms with Crippen molar-refractivity contribution in [3.05, 3.63) is 39.9 Å². The highest BCUT2D eigenvalue weighted by molar-refractivity contribution is 6.00. The Morgan fingerprint density at radius 2 is 1.57 bits per heavy atom. The molecule has 1 saturated heterocycles. The second-order valence-corrected chi connectivity index (χ2v) is 8.38. The predicted octanol–water partition coefficient (Wildman–Crippen LogP) is 1.56. The maximum Gasteiger partial charge on any atom is 0.303 e. The van der Waals surface area contributed by atoms with Crippen LogP contribution in [0.15, 0.2) is 29.4 Å². The Kier molecular flexibility index (Phi) is 8.42. The van der Waals surface area contributed by atoms with Gasteiger partial charge in [0, 0.05) is 52.7 Å². The van der Waals surface area contributed by atoms with Crippen molar-refractivity contribution in [2.75, 3.05) is 6.61 Å². The van der Waals surface area contributed by atoms with Gasteiger partial charge in [0.1, 0.15) is 12.7 Å². The van der Waals surface area contributed by atoms with Crippen LogP contribution in [0.4, 0.5) is 5.69 Å². The van der Waals surface area contributed by atoms with E-state index >= 15 is 0 Å². The number of nitro groups is 1. The van der Waals surface area contributed by atoms with Crippen LogP contribution in [0.5, 0.6) is 0 Å². The third-order valence-corrected chi connectivity index (χ3v) is 5.55. The molecule has 1 fully saturated rings. The summed E-state index contributed by atoms with van der Waals surface area (Å²) < 4.78 is 27.4. The number of hydrogen-bond acceptors (Lipinski definition) is 13. The van der Waals surface area contributed by atoms with Crippen LogP contribution in [0, 0.1) is 10.1 Å². The van der Waals surface area contributed by atoms with E-state index in [0.29, 0.717) is 11.3 Å². The summed E-state index contributed by atoms with van der Waals surface area (Å²) in [5.41, 5.74) is 0.872. The third-order valence-electron chi connectivity index (χ3n) is 5.55. The standard InChI is InChI=1S/C23H26N2O12/c1-12(26)32-11-19-20(33-13(2)27)21(34-14(3)28)22(35-15(4)29)23(36-19)10-9-18(24-37-23)16-5-7-17(8-6-16)25(30)31/h5-8,19-22H,9-11H2,1-4H3/t19-,20-,21+,22-,23-/m1/s1. The molecule has 200 valence electrons. The lowest BCUT2D eigenvalue weighted by Crippen LogP contribution is -2.69. The number of rotatable bonds is 7. The van der Waals surface area contributed by atoms with Crippen molar-refractivity contribution in [2.45, 2.75) is 70.7 Å². The van der Waals surface area contributed by atoms with Crippen LogP contribution < -0.4 is 0 Å². The summed E-state index contributed by atoms with van der Waals surface area (Å²) in [6, 6.07) is 5.64. The molecule has 14 nitrogen and oxygen atoms in total. The van der Waals surface area contributed by atoms with Crippen LogP contribution in [-0.4, -0.2) is 71.3 Å². The Bertz CT molecular complexity index is 1100. The summed E-state index contributed by atoms with van der Waals surface area (Å²) in [6.45, 7) is 4.13. The van der Waals surface area contributed by atoms with E-state index in [9.17, 15) is 29.3 Å². The summed E-state index contributed by atoms with van der Waals surface area (Å²) in [7, 11) is 0. The van der Waals surface area contributed by atoms with Crippen LogP contribution in [0.25, 0.3) is 0 Å². The number of non-ortho nitro benzene ring substituents is 1. The highest BCUT2D eigenvalue weighted by Crippen LogP contribution is 2.42. The summed E-state index contributed by atoms with van der Waals surface area (Å²) in [5, 5.41) is 15.0. The largest absolute Gasteiger partial charge is 0.463 e. The number of carbonyl (C=O) groups excluding carboxylic acids is 4. The number of benzene rings is 1. The van der Waals surface area contributed by atoms with Crippen molar-refractivity contribution in [1.82, 2.24) is 0 Å². The molecule has 2 aliphatic heterocycles. The van der Waals surface area contributed by atoms with Crippen molar-refractivity contribution in [1.29, 1.82) is 0 Å². The van der Waals surface area contributed by atoms with Crippen LogP contribution in [-0.2, 0) is 47.7 Å². The first kappa shape index (κ1) is 27.5. The molecule has 2 heterocycles. The zero-order valence-corrected chi connectivity index (χ0v) is 20.5. The highest BCUT2D eigenvalue weighted by Gasteiger charge is 2.62. The monoisotopic (exact) mass is 522 g/mol. The molecule has 1 aromatic carbocycles. The first-order chi connectivity index (χ1) is 17.4. The van der Waals surface area contributed by atoms with Gasteiger partial charge in [0.25, 0.3) is 11.5 Å². The minimum Gasteiger partial charge on any atom is -0.463 e. The zero-order valence-electron chi connectivity index (χ0n) is 20.5. The van der Waals surface area contributed by atoms with Gasteiger partial charge in [-0.15, -0.1) is 0 Å². The second kappa shape index (κ2) is 11.3. The van der Waals surface area contributed by atoms with Gasteiger partial charge in [-0.25, -0.2) is 0 Å². The minimum atomic E-state index is -1.81. The van der Waals surface area contributed by atoms with E-state index in [2.05, 4.69) is 5.16 Å². The highest BCUT2D eigenvalue weighted by atomic mass is 16.8. The Labute approximate surface area is 210 Å². The number of oxime groups is 1. The van der Waals surface area contributed by atoms with E-state index in [-0.39, 0.29) is 18.5 Å². The molecule has 0 N–H and O–H groups in total. The quantitative estimate of drug-likeness (QED) is 0.219. The fraction of sp³-hybridized carbons (Fsp3) is 0.522. The Morgan fingerprint density at radius 3 is 2.05 bits per heavy atom. The second-order valence-electron chi connectivity index (χ2n) is 8.38. The van der Waals surface area contributed by atoms with Gasteiger partial charge in [0.05, 0.1) is 10.6 Å². The molecule has 5 atom stereocenters. The lowest BCUT2D eigenvalue weighted by molar-refractivity contribution is -0.384. The number of esters is 4. The minimum absolute atomic E-state index is 0.0158. The molecule has 0 unspecified atom stereocenters. The fourth-order valence-electron chi connectivity index (χ4n) is 4.11. The molecule has 2 aliphatic rings. The van der Waals surface area contributed by atoms with Gasteiger partial charge < -0.3 is 28.5 Å². The summed E-state index contributed by atoms with van der Waals surface area (Å²) >= 11 is 0. The molecule has 0 saturated carbocycles. The Morgan fingerprint density at radius 1 is 0.973 bits per heavy atom. The van der Waals surface area contributed by atoms with Gasteiger partial charge in [-0.05, 0) is 17.7 Å². The molecule has 1 aromatic rings. The van der Waals surface area contributed by atoms with Gasteiger partial charge in [0.15, 0.2) is 12.2 Å². The van der Waals surface area contributed by atoms with Gasteiger partial charge >= 0.3 is 23.9 Å². The lowest BCUT2D eigenvalue weighted by atomic mass is 9.87. The molecule has 0 amide bonds. The fourth-order valence-corrected chi connectivity index (χ4v) is 4.11. The molecule has 14 heteroatoms. The zero-order chi connectivity index (χ0) is 27.3. The summed E-state index contributed by atoms with van der Waals surface area (Å²) in [4.78, 5) is 63.5. The first-order valence-corrected chi connectivity index (χ1v) is 11.2. The Balaban J connectivity index is 2.01. The molecule has 0 radical (unpaired) electrons. The number of nitro benzene ring substituents is 1. The van der Waals surface area contributed by atoms with E-state index in [1.807, 2.05) is 0 Å². The molecule has 0 aliphatic carbocycles. The predicted molar refractivity (Wildman–Crippen MR) is 121 cm³/mol. The third kappa shape index (κ3) is 6.58. The number of ether oxygens (including phenoxy) is 5. The van der Waals surface area contributed by atoms with Crippen LogP contribution in [0.2, 0.25) is 0 Å². The summed E-state index contributed by atoms with van der Waals surface area (Å²) in [6.07, 6.45) is -5.10. The molecule has 3 rings (SSSR count). The first-order valence-electron chi connectivity index (χ1n) is 11.2. The average Bonchev–Trinajstić information content (AvgIpc) is 2.82. The maximum atomic E-state index is 12.0. The van der Waals surface area contributed by atoms with E-state index in [0.717, 1.165) is 20.8 Å². The molecule has 0 aromatic heterocycles. The topological polar surface area (TPSA) is 179 Å². The SMILES string of the molecule is CC(=O)OC[C@H]1O[C@@]2(CCC(c3ccc([N+](=O)[O-])cc3)=NO2)[C@H](OC(C)=O)[C@@H](OC(C)=O)[C@@H]1OC(C)=O. The van der Waals surface area contributed by atoms with Gasteiger partial charge in [-0.2, -0.15) is 0 Å². The van der Waals surface area contributed by atoms with E-state index in [4.69, 9.17) is 28.5 Å². The average molecular weight is 522 g/mol. The van der Waals surface area contributed by atoms with Crippen molar-refractivity contribution in [3.8, 4) is 0 Å². The Hall–Kier alpha value is -4.07. The van der Waals surface area contributed by atoms with Crippen LogP contribution in [0.3, 0.4) is 0 Å². The molecule has 0 bridgehead atoms. The number of carbonyl (C=O) groups is 4.